The second-order valence-corrected chi connectivity index (χ2v) is 6.65. The molecule has 0 saturated carbocycles. The van der Waals surface area contributed by atoms with Crippen molar-refractivity contribution >= 4 is 11.8 Å². The van der Waals surface area contributed by atoms with Crippen LogP contribution >= 0.6 is 11.8 Å². The summed E-state index contributed by atoms with van der Waals surface area (Å²) in [7, 11) is 0. The first-order chi connectivity index (χ1) is 7.93. The van der Waals surface area contributed by atoms with Crippen molar-refractivity contribution in [1.82, 2.24) is 4.90 Å². The van der Waals surface area contributed by atoms with Crippen LogP contribution in [0.1, 0.15) is 44.9 Å². The second kappa shape index (κ2) is 5.14. The predicted molar refractivity (Wildman–Crippen MR) is 71.7 cm³/mol. The maximum atomic E-state index is 2.73. The van der Waals surface area contributed by atoms with E-state index in [0.29, 0.717) is 0 Å². The molecule has 0 bridgehead atoms. The van der Waals surface area contributed by atoms with Gasteiger partial charge in [-0.05, 0) is 56.5 Å². The number of piperidine rings is 1. The van der Waals surface area contributed by atoms with Gasteiger partial charge in [0.2, 0.25) is 0 Å². The van der Waals surface area contributed by atoms with Crippen LogP contribution in [0.3, 0.4) is 0 Å². The average molecular weight is 237 g/mol. The van der Waals surface area contributed by atoms with E-state index in [4.69, 9.17) is 0 Å². The van der Waals surface area contributed by atoms with Crippen molar-refractivity contribution in [2.45, 2.75) is 44.9 Å². The Hall–Kier alpha value is 0.0500. The van der Waals surface area contributed by atoms with Crippen LogP contribution in [0, 0.1) is 5.92 Å². The van der Waals surface area contributed by atoms with Gasteiger partial charge in [-0.1, -0.05) is 12.0 Å². The Balaban J connectivity index is 1.63. The third-order valence-electron chi connectivity index (χ3n) is 4.34. The lowest BCUT2D eigenvalue weighted by molar-refractivity contribution is 0.201. The summed E-state index contributed by atoms with van der Waals surface area (Å²) in [6.07, 6.45) is 10.1. The summed E-state index contributed by atoms with van der Waals surface area (Å²) >= 11 is 2.18. The molecule has 0 amide bonds. The zero-order chi connectivity index (χ0) is 10.8. The molecule has 0 aromatic heterocycles. The lowest BCUT2D eigenvalue weighted by Crippen LogP contribution is -2.35. The lowest BCUT2D eigenvalue weighted by Gasteiger charge is -2.33. The van der Waals surface area contributed by atoms with E-state index in [1.807, 2.05) is 10.5 Å². The minimum absolute atomic E-state index is 0.911. The van der Waals surface area contributed by atoms with Gasteiger partial charge in [0.1, 0.15) is 0 Å². The van der Waals surface area contributed by atoms with Crippen LogP contribution in [0.2, 0.25) is 0 Å². The van der Waals surface area contributed by atoms with Gasteiger partial charge in [-0.25, -0.2) is 0 Å². The van der Waals surface area contributed by atoms with Crippen LogP contribution in [0.4, 0.5) is 0 Å². The molecule has 2 aliphatic heterocycles. The number of thioether (sulfide) groups is 1. The molecule has 2 heteroatoms. The molecule has 0 aromatic carbocycles. The van der Waals surface area contributed by atoms with E-state index < -0.39 is 0 Å². The Labute approximate surface area is 104 Å². The van der Waals surface area contributed by atoms with E-state index in [9.17, 15) is 0 Å². The van der Waals surface area contributed by atoms with Crippen molar-refractivity contribution in [3.63, 3.8) is 0 Å². The molecule has 1 saturated heterocycles. The molecule has 1 unspecified atom stereocenters. The van der Waals surface area contributed by atoms with Crippen molar-refractivity contribution < 1.29 is 0 Å². The molecule has 1 nitrogen and oxygen atoms in total. The summed E-state index contributed by atoms with van der Waals surface area (Å²) in [4.78, 5) is 4.54. The molecule has 2 heterocycles. The Morgan fingerprint density at radius 2 is 1.94 bits per heavy atom. The van der Waals surface area contributed by atoms with E-state index in [0.717, 1.165) is 5.92 Å². The van der Waals surface area contributed by atoms with Gasteiger partial charge >= 0.3 is 0 Å². The SMILES string of the molecule is C1CCN(CC2CCCC3=C2SCC3)CC1. The first-order valence-electron chi connectivity index (χ1n) is 7.00. The Bertz CT molecular complexity index is 278. The number of hydrogen-bond acceptors (Lipinski definition) is 2. The quantitative estimate of drug-likeness (QED) is 0.721. The van der Waals surface area contributed by atoms with Crippen molar-refractivity contribution in [2.75, 3.05) is 25.4 Å². The van der Waals surface area contributed by atoms with Crippen LogP contribution in [-0.2, 0) is 0 Å². The molecule has 1 atom stereocenters. The lowest BCUT2D eigenvalue weighted by atomic mass is 9.88. The Morgan fingerprint density at radius 1 is 1.06 bits per heavy atom. The van der Waals surface area contributed by atoms with Gasteiger partial charge in [-0.15, -0.1) is 11.8 Å². The number of allylic oxidation sites excluding steroid dienone is 1. The van der Waals surface area contributed by atoms with E-state index >= 15 is 0 Å². The van der Waals surface area contributed by atoms with Gasteiger partial charge in [0.05, 0.1) is 0 Å². The summed E-state index contributed by atoms with van der Waals surface area (Å²) in [6, 6.07) is 0. The zero-order valence-corrected chi connectivity index (χ0v) is 11.0. The van der Waals surface area contributed by atoms with Gasteiger partial charge in [-0.2, -0.15) is 0 Å². The summed E-state index contributed by atoms with van der Waals surface area (Å²) in [6.45, 7) is 4.10. The monoisotopic (exact) mass is 237 g/mol. The fourth-order valence-corrected chi connectivity index (χ4v) is 4.89. The number of nitrogens with zero attached hydrogens (tertiary/aromatic N) is 1. The molecule has 90 valence electrons. The first kappa shape index (κ1) is 11.2. The van der Waals surface area contributed by atoms with Crippen LogP contribution in [0.15, 0.2) is 10.5 Å². The summed E-state index contributed by atoms with van der Waals surface area (Å²) in [5.41, 5.74) is 1.83. The number of hydrogen-bond donors (Lipinski definition) is 0. The number of likely N-dealkylation sites (tertiary alicyclic amines) is 1. The molecule has 3 rings (SSSR count). The fraction of sp³-hybridized carbons (Fsp3) is 0.857. The molecule has 0 spiro atoms. The standard InChI is InChI=1S/C14H23NS/c1-2-8-15(9-3-1)11-13-6-4-5-12-7-10-16-14(12)13/h13H,1-11H2. The number of rotatable bonds is 2. The van der Waals surface area contributed by atoms with E-state index in [2.05, 4.69) is 16.7 Å². The minimum atomic E-state index is 0.911. The molecule has 0 radical (unpaired) electrons. The minimum Gasteiger partial charge on any atom is -0.303 e. The van der Waals surface area contributed by atoms with Gasteiger partial charge in [-0.3, -0.25) is 0 Å². The van der Waals surface area contributed by atoms with Crippen molar-refractivity contribution in [3.8, 4) is 0 Å². The maximum absolute atomic E-state index is 2.73. The van der Waals surface area contributed by atoms with Gasteiger partial charge < -0.3 is 4.90 Å². The van der Waals surface area contributed by atoms with Crippen LogP contribution in [-0.4, -0.2) is 30.3 Å². The summed E-state index contributed by atoms with van der Waals surface area (Å²) in [5.74, 6) is 2.29. The van der Waals surface area contributed by atoms with Crippen LogP contribution in [0.25, 0.3) is 0 Å². The third kappa shape index (κ3) is 2.33. The molecule has 3 aliphatic rings. The molecule has 0 N–H and O–H groups in total. The summed E-state index contributed by atoms with van der Waals surface area (Å²) in [5, 5.41) is 0. The second-order valence-electron chi connectivity index (χ2n) is 5.52. The molecule has 1 aliphatic carbocycles. The summed E-state index contributed by atoms with van der Waals surface area (Å²) < 4.78 is 0. The average Bonchev–Trinajstić information content (AvgIpc) is 2.80. The highest BCUT2D eigenvalue weighted by Gasteiger charge is 2.28. The van der Waals surface area contributed by atoms with E-state index in [1.165, 1.54) is 70.3 Å². The smallest absolute Gasteiger partial charge is 0.00553 e. The molecule has 1 fully saturated rings. The maximum Gasteiger partial charge on any atom is 0.00553 e. The van der Waals surface area contributed by atoms with Crippen LogP contribution in [0.5, 0.6) is 0 Å². The van der Waals surface area contributed by atoms with Crippen LogP contribution < -0.4 is 0 Å². The fourth-order valence-electron chi connectivity index (χ4n) is 3.48. The Morgan fingerprint density at radius 3 is 2.81 bits per heavy atom. The van der Waals surface area contributed by atoms with Gasteiger partial charge in [0, 0.05) is 18.2 Å². The third-order valence-corrected chi connectivity index (χ3v) is 5.68. The van der Waals surface area contributed by atoms with Crippen molar-refractivity contribution in [1.29, 1.82) is 0 Å². The predicted octanol–water partition coefficient (Wildman–Crippen LogP) is 3.66. The zero-order valence-electron chi connectivity index (χ0n) is 10.2. The molecule has 0 aromatic rings. The Kier molecular flexibility index (Phi) is 3.58. The largest absolute Gasteiger partial charge is 0.303 e. The van der Waals surface area contributed by atoms with E-state index in [1.54, 1.807) is 0 Å². The topological polar surface area (TPSA) is 3.24 Å². The normalized spacial score (nSPS) is 31.9. The van der Waals surface area contributed by atoms with Gasteiger partial charge in [0.25, 0.3) is 0 Å². The van der Waals surface area contributed by atoms with Gasteiger partial charge in [0.15, 0.2) is 0 Å². The van der Waals surface area contributed by atoms with E-state index in [-0.39, 0.29) is 0 Å². The highest BCUT2D eigenvalue weighted by atomic mass is 32.2. The van der Waals surface area contributed by atoms with Crippen molar-refractivity contribution in [2.24, 2.45) is 5.92 Å². The van der Waals surface area contributed by atoms with Crippen molar-refractivity contribution in [3.05, 3.63) is 10.5 Å². The molecule has 16 heavy (non-hydrogen) atoms. The molecular weight excluding hydrogens is 214 g/mol. The highest BCUT2D eigenvalue weighted by molar-refractivity contribution is 8.03. The first-order valence-corrected chi connectivity index (χ1v) is 7.99. The highest BCUT2D eigenvalue weighted by Crippen LogP contribution is 2.44. The molecular formula is C14H23NS.